The van der Waals surface area contributed by atoms with E-state index in [4.69, 9.17) is 66.0 Å². The fourth-order valence-electron chi connectivity index (χ4n) is 4.06. The van der Waals surface area contributed by atoms with Crippen LogP contribution < -0.4 is 15.4 Å². The minimum Gasteiger partial charge on any atom is -0.506 e. The summed E-state index contributed by atoms with van der Waals surface area (Å²) >= 11 is 17.1. The average Bonchev–Trinajstić information content (AvgIpc) is 3.01. The highest BCUT2D eigenvalue weighted by atomic mass is 79.9. The summed E-state index contributed by atoms with van der Waals surface area (Å²) in [5.74, 6) is 0.345. The Balaban J connectivity index is 0. The van der Waals surface area contributed by atoms with Crippen molar-refractivity contribution in [2.75, 3.05) is 51.0 Å². The highest BCUT2D eigenvalue weighted by Crippen LogP contribution is 2.38. The van der Waals surface area contributed by atoms with Crippen LogP contribution in [-0.4, -0.2) is 87.8 Å². The molecule has 1 aliphatic heterocycles. The molecule has 0 spiro atoms. The molecule has 12 nitrogen and oxygen atoms in total. The highest BCUT2D eigenvalue weighted by Gasteiger charge is 2.23. The molecule has 0 aromatic heterocycles. The second kappa shape index (κ2) is 23.1. The van der Waals surface area contributed by atoms with Gasteiger partial charge in [-0.25, -0.2) is 0 Å². The number of aromatic hydroxyl groups is 3. The average molecular weight is 832 g/mol. The number of allylic oxidation sites excluding steroid dienone is 3. The first kappa shape index (κ1) is 47.7. The van der Waals surface area contributed by atoms with Gasteiger partial charge in [0.25, 0.3) is 0 Å². The number of hydrogen-bond acceptors (Lipinski definition) is 12. The fourth-order valence-corrected chi connectivity index (χ4v) is 4.61. The summed E-state index contributed by atoms with van der Waals surface area (Å²) in [6.45, 7) is 1.66. The number of nitrogens with two attached hydrogens (primary N) is 1. The quantitative estimate of drug-likeness (QED) is 0.0477. The van der Waals surface area contributed by atoms with Gasteiger partial charge < -0.3 is 40.7 Å². The van der Waals surface area contributed by atoms with Crippen molar-refractivity contribution in [3.05, 3.63) is 92.6 Å². The topological polar surface area (TPSA) is 197 Å². The van der Waals surface area contributed by atoms with Gasteiger partial charge in [-0.15, -0.1) is 29.4 Å². The number of hydrogen-bond donors (Lipinski definition) is 7. The maximum atomic E-state index is 12.1. The Morgan fingerprint density at radius 3 is 2.00 bits per heavy atom. The molecule has 0 saturated carbocycles. The van der Waals surface area contributed by atoms with E-state index >= 15 is 0 Å². The molecule has 17 heteroatoms. The number of phenols is 3. The van der Waals surface area contributed by atoms with E-state index in [-0.39, 0.29) is 101 Å². The van der Waals surface area contributed by atoms with Gasteiger partial charge in [0.05, 0.1) is 39.6 Å². The van der Waals surface area contributed by atoms with Crippen LogP contribution >= 0.6 is 64.2 Å². The van der Waals surface area contributed by atoms with E-state index in [1.54, 1.807) is 42.3 Å². The molecule has 1 heterocycles. The Morgan fingerprint density at radius 1 is 0.878 bits per heavy atom. The van der Waals surface area contributed by atoms with Crippen molar-refractivity contribution in [3.8, 4) is 23.0 Å². The number of carbonyl (C=O) groups is 2. The molecule has 0 atom stereocenters. The maximum absolute atomic E-state index is 12.1. The van der Waals surface area contributed by atoms with Crippen molar-refractivity contribution < 1.29 is 45.3 Å². The van der Waals surface area contributed by atoms with Crippen LogP contribution in [0.15, 0.2) is 72.0 Å². The van der Waals surface area contributed by atoms with Crippen molar-refractivity contribution in [1.29, 1.82) is 0 Å². The summed E-state index contributed by atoms with van der Waals surface area (Å²) in [6, 6.07) is 12.5. The second-order valence-electron chi connectivity index (χ2n) is 9.79. The Labute approximate surface area is 316 Å². The van der Waals surface area contributed by atoms with Gasteiger partial charge >= 0.3 is 0 Å². The molecule has 272 valence electrons. The first-order valence-corrected chi connectivity index (χ1v) is 14.5. The number of aliphatic hydroxyl groups is 1. The minimum atomic E-state index is -0.268. The third-order valence-corrected chi connectivity index (χ3v) is 7.40. The summed E-state index contributed by atoms with van der Waals surface area (Å²) < 4.78 is 5.39. The van der Waals surface area contributed by atoms with Crippen molar-refractivity contribution in [2.45, 2.75) is 13.8 Å². The number of rotatable bonds is 5. The molecular weight excluding hydrogens is 792 g/mol. The Hall–Kier alpha value is -3.40. The number of fused-ring (bicyclic) bond motifs is 1. The van der Waals surface area contributed by atoms with E-state index < -0.39 is 0 Å². The number of nitrogens with zero attached hydrogens (tertiary/aromatic N) is 2. The molecule has 1 aliphatic carbocycles. The molecule has 0 bridgehead atoms. The number of nitrogen functional groups attached to an aromatic ring is 1. The molecule has 0 unspecified atom stereocenters. The van der Waals surface area contributed by atoms with Gasteiger partial charge in [-0.05, 0) is 42.0 Å². The zero-order chi connectivity index (χ0) is 34.6. The third kappa shape index (κ3) is 14.2. The Kier molecular flexibility index (Phi) is 22.5. The Morgan fingerprint density at radius 2 is 1.45 bits per heavy atom. The van der Waals surface area contributed by atoms with Crippen LogP contribution in [0.5, 0.6) is 23.0 Å². The largest absolute Gasteiger partial charge is 0.506 e. The fraction of sp³-hybridized carbons (Fsp3) is 0.250. The van der Waals surface area contributed by atoms with Crippen molar-refractivity contribution in [3.63, 3.8) is 0 Å². The van der Waals surface area contributed by atoms with Crippen LogP contribution in [0.4, 0.5) is 11.4 Å². The van der Waals surface area contributed by atoms with Crippen molar-refractivity contribution in [1.82, 2.24) is 4.90 Å². The number of carbonyl (C=O) groups excluding carboxylic acids is 2. The number of anilines is 2. The molecule has 3 aromatic carbocycles. The van der Waals surface area contributed by atoms with Gasteiger partial charge in [0.2, 0.25) is 5.78 Å². The minimum absolute atomic E-state index is 0. The number of phenolic OH excluding ortho intramolecular Hbond substituents is 3. The van der Waals surface area contributed by atoms with E-state index in [1.807, 2.05) is 11.9 Å². The summed E-state index contributed by atoms with van der Waals surface area (Å²) in [4.78, 5) is 27.8. The zero-order valence-electron chi connectivity index (χ0n) is 25.6. The molecule has 49 heavy (non-hydrogen) atoms. The molecule has 0 fully saturated rings. The highest BCUT2D eigenvalue weighted by molar-refractivity contribution is 8.93. The lowest BCUT2D eigenvalue weighted by Crippen LogP contribution is -2.29. The third-order valence-electron chi connectivity index (χ3n) is 6.49. The van der Waals surface area contributed by atoms with Gasteiger partial charge in [0.1, 0.15) is 29.6 Å². The van der Waals surface area contributed by atoms with Crippen LogP contribution in [0.3, 0.4) is 0 Å². The number of benzene rings is 3. The van der Waals surface area contributed by atoms with Crippen LogP contribution in [0.1, 0.15) is 13.0 Å². The SMILES string of the molecule is Br.C.CN(CCO)C1=CC(=O)C(Cc2ccc(O)c(Cl)c2)=CC1=O.CN1CCOc2cc(Cl)c(O)cc21.Cl.Nc1ccc(O)c(Cl)c1.OO. The van der Waals surface area contributed by atoms with Gasteiger partial charge in [0, 0.05) is 56.5 Å². The summed E-state index contributed by atoms with van der Waals surface area (Å²) in [7, 11) is 3.60. The molecule has 0 saturated heterocycles. The smallest absolute Gasteiger partial charge is 0.202 e. The van der Waals surface area contributed by atoms with Crippen molar-refractivity contribution >= 4 is 87.1 Å². The van der Waals surface area contributed by atoms with Gasteiger partial charge in [-0.2, -0.15) is 0 Å². The number of ketones is 2. The van der Waals surface area contributed by atoms with E-state index in [0.29, 0.717) is 22.9 Å². The van der Waals surface area contributed by atoms with E-state index in [0.717, 1.165) is 23.5 Å². The monoisotopic (exact) mass is 829 g/mol. The normalized spacial score (nSPS) is 12.4. The van der Waals surface area contributed by atoms with Crippen molar-refractivity contribution in [2.24, 2.45) is 0 Å². The zero-order valence-corrected chi connectivity index (χ0v) is 30.4. The number of aliphatic hydroxyl groups excluding tert-OH is 1. The van der Waals surface area contributed by atoms with Gasteiger partial charge in [-0.3, -0.25) is 20.1 Å². The second-order valence-corrected chi connectivity index (χ2v) is 11.0. The lowest BCUT2D eigenvalue weighted by Gasteiger charge is -2.27. The predicted molar refractivity (Wildman–Crippen MR) is 202 cm³/mol. The van der Waals surface area contributed by atoms with E-state index in [1.165, 1.54) is 30.4 Å². The molecule has 2 aliphatic rings. The van der Waals surface area contributed by atoms with Gasteiger partial charge in [-0.1, -0.05) is 48.3 Å². The first-order valence-electron chi connectivity index (χ1n) is 13.4. The molecule has 0 amide bonds. The van der Waals surface area contributed by atoms with E-state index in [2.05, 4.69) is 0 Å². The lowest BCUT2D eigenvalue weighted by molar-refractivity contribution is -0.176. The lowest BCUT2D eigenvalue weighted by atomic mass is 9.94. The number of ether oxygens (including phenoxy) is 1. The first-order chi connectivity index (χ1) is 21.8. The molecule has 5 rings (SSSR count). The molecule has 0 radical (unpaired) electrons. The van der Waals surface area contributed by atoms with Crippen LogP contribution in [-0.2, 0) is 16.0 Å². The van der Waals surface area contributed by atoms with Crippen LogP contribution in [0.2, 0.25) is 15.1 Å². The summed E-state index contributed by atoms with van der Waals surface area (Å²) in [5, 5.41) is 49.3. The maximum Gasteiger partial charge on any atom is 0.202 e. The Bertz CT molecular complexity index is 1610. The molecular formula is C32H40BrCl4N3O9. The molecule has 8 N–H and O–H groups in total. The number of halogens is 5. The molecule has 3 aromatic rings. The standard InChI is InChI=1S/C16H16ClNO4.C9H10ClNO2.C6H6ClNO.CH4.BrH.ClH.H2O2/c1-18(4-5-19)13-9-15(21)11(8-16(13)22)6-10-2-3-14(20)12(17)7-10;1-11-2-3-13-9-4-6(10)8(12)5-7(9)11;7-5-3-4(8)1-2-6(5)9;;;;1-2/h2-3,7-9,19-20H,4-6H2,1H3;4-5,12H,2-3H2,1H3;1-3,9H,8H2;1H4;2*1H;1-2H. The van der Waals surface area contributed by atoms with Gasteiger partial charge in [0.15, 0.2) is 5.78 Å². The van der Waals surface area contributed by atoms with Crippen LogP contribution in [0, 0.1) is 0 Å². The van der Waals surface area contributed by atoms with E-state index in [9.17, 15) is 19.8 Å². The summed E-state index contributed by atoms with van der Waals surface area (Å²) in [6.07, 6.45) is 2.86. The predicted octanol–water partition coefficient (Wildman–Crippen LogP) is 6.63. The number of likely N-dealkylation sites (N-methyl/N-ethyl adjacent to an activating group) is 2. The summed E-state index contributed by atoms with van der Waals surface area (Å²) in [5.41, 5.74) is 8.14. The van der Waals surface area contributed by atoms with Crippen LogP contribution in [0.25, 0.3) is 0 Å².